The molecule has 0 bridgehead atoms. The standard InChI is InChI=1S/C10H10N6S2/c1-4-6(7(11)18-15-4)9-14-16-8(5-2-3-5)12-13-10(16)17-9/h5H,2-3,11H2,1H3. The summed E-state index contributed by atoms with van der Waals surface area (Å²) in [7, 11) is 0. The zero-order chi connectivity index (χ0) is 12.3. The second-order valence-electron chi connectivity index (χ2n) is 4.44. The number of nitrogens with two attached hydrogens (primary N) is 1. The Labute approximate surface area is 111 Å². The van der Waals surface area contributed by atoms with Crippen LogP contribution >= 0.6 is 22.9 Å². The van der Waals surface area contributed by atoms with Crippen molar-refractivity contribution in [2.75, 3.05) is 5.73 Å². The van der Waals surface area contributed by atoms with Crippen molar-refractivity contribution in [2.45, 2.75) is 25.7 Å². The normalized spacial score (nSPS) is 15.6. The quantitative estimate of drug-likeness (QED) is 0.776. The second kappa shape index (κ2) is 3.48. The molecule has 0 atom stereocenters. The molecule has 3 heterocycles. The van der Waals surface area contributed by atoms with Crippen molar-refractivity contribution in [1.82, 2.24) is 24.2 Å². The van der Waals surface area contributed by atoms with E-state index in [2.05, 4.69) is 19.7 Å². The first-order valence-electron chi connectivity index (χ1n) is 5.68. The molecule has 18 heavy (non-hydrogen) atoms. The Kier molecular flexibility index (Phi) is 2.01. The summed E-state index contributed by atoms with van der Waals surface area (Å²) < 4.78 is 6.11. The van der Waals surface area contributed by atoms with Crippen molar-refractivity contribution >= 4 is 32.8 Å². The van der Waals surface area contributed by atoms with Gasteiger partial charge in [0.15, 0.2) is 10.8 Å². The molecule has 0 amide bonds. The van der Waals surface area contributed by atoms with Gasteiger partial charge in [0.2, 0.25) is 4.96 Å². The van der Waals surface area contributed by atoms with E-state index in [1.165, 1.54) is 35.7 Å². The van der Waals surface area contributed by atoms with Crippen molar-refractivity contribution in [2.24, 2.45) is 0 Å². The largest absolute Gasteiger partial charge is 0.389 e. The van der Waals surface area contributed by atoms with Gasteiger partial charge in [-0.2, -0.15) is 14.0 Å². The predicted molar refractivity (Wildman–Crippen MR) is 70.9 cm³/mol. The van der Waals surface area contributed by atoms with Crippen LogP contribution in [0, 0.1) is 6.92 Å². The molecule has 1 fully saturated rings. The lowest BCUT2D eigenvalue weighted by molar-refractivity contribution is 0.828. The Hall–Kier alpha value is -1.54. The lowest BCUT2D eigenvalue weighted by Crippen LogP contribution is -1.94. The maximum Gasteiger partial charge on any atom is 0.234 e. The van der Waals surface area contributed by atoms with Gasteiger partial charge in [-0.3, -0.25) is 0 Å². The lowest BCUT2D eigenvalue weighted by Gasteiger charge is -1.94. The van der Waals surface area contributed by atoms with E-state index in [-0.39, 0.29) is 0 Å². The summed E-state index contributed by atoms with van der Waals surface area (Å²) in [5.74, 6) is 1.51. The van der Waals surface area contributed by atoms with Crippen LogP contribution in [0.15, 0.2) is 0 Å². The topological polar surface area (TPSA) is 82.0 Å². The van der Waals surface area contributed by atoms with Crippen LogP contribution < -0.4 is 5.73 Å². The summed E-state index contributed by atoms with van der Waals surface area (Å²) in [6.07, 6.45) is 2.38. The molecular weight excluding hydrogens is 268 g/mol. The molecule has 1 aliphatic carbocycles. The maximum atomic E-state index is 5.95. The van der Waals surface area contributed by atoms with Gasteiger partial charge in [0.1, 0.15) is 5.00 Å². The van der Waals surface area contributed by atoms with Gasteiger partial charge in [-0.25, -0.2) is 0 Å². The first-order chi connectivity index (χ1) is 8.74. The summed E-state index contributed by atoms with van der Waals surface area (Å²) in [5.41, 5.74) is 7.82. The summed E-state index contributed by atoms with van der Waals surface area (Å²) in [6.45, 7) is 1.95. The molecule has 0 radical (unpaired) electrons. The first kappa shape index (κ1) is 10.4. The van der Waals surface area contributed by atoms with Crippen molar-refractivity contribution in [3.05, 3.63) is 11.5 Å². The van der Waals surface area contributed by atoms with Gasteiger partial charge < -0.3 is 5.73 Å². The van der Waals surface area contributed by atoms with E-state index >= 15 is 0 Å². The van der Waals surface area contributed by atoms with Crippen LogP contribution in [0.1, 0.15) is 30.3 Å². The highest BCUT2D eigenvalue weighted by molar-refractivity contribution is 7.20. The molecular formula is C10H10N6S2. The van der Waals surface area contributed by atoms with Crippen LogP contribution in [-0.4, -0.2) is 24.2 Å². The van der Waals surface area contributed by atoms with Gasteiger partial charge in [0.05, 0.1) is 11.3 Å². The predicted octanol–water partition coefficient (Wildman–Crippen LogP) is 2.08. The number of hydrogen-bond donors (Lipinski definition) is 1. The minimum Gasteiger partial charge on any atom is -0.389 e. The average molecular weight is 278 g/mol. The van der Waals surface area contributed by atoms with Crippen LogP contribution in [0.25, 0.3) is 15.5 Å². The van der Waals surface area contributed by atoms with Crippen molar-refractivity contribution in [1.29, 1.82) is 0 Å². The molecule has 3 aromatic heterocycles. The third-order valence-electron chi connectivity index (χ3n) is 3.06. The zero-order valence-corrected chi connectivity index (χ0v) is 11.3. The lowest BCUT2D eigenvalue weighted by atomic mass is 10.3. The SMILES string of the molecule is Cc1nsc(N)c1-c1nn2c(C3CC3)nnc2s1. The first-order valence-corrected chi connectivity index (χ1v) is 7.27. The van der Waals surface area contributed by atoms with E-state index in [1.807, 2.05) is 11.4 Å². The highest BCUT2D eigenvalue weighted by Gasteiger charge is 2.30. The van der Waals surface area contributed by atoms with Crippen LogP contribution in [0.4, 0.5) is 5.00 Å². The molecule has 1 aliphatic rings. The minimum absolute atomic E-state index is 0.536. The number of hydrogen-bond acceptors (Lipinski definition) is 7. The van der Waals surface area contributed by atoms with Crippen molar-refractivity contribution in [3.8, 4) is 10.6 Å². The highest BCUT2D eigenvalue weighted by Crippen LogP contribution is 2.40. The van der Waals surface area contributed by atoms with E-state index in [1.54, 1.807) is 0 Å². The van der Waals surface area contributed by atoms with E-state index in [0.29, 0.717) is 10.9 Å². The van der Waals surface area contributed by atoms with E-state index in [9.17, 15) is 0 Å². The molecule has 2 N–H and O–H groups in total. The van der Waals surface area contributed by atoms with Gasteiger partial charge in [0, 0.05) is 5.92 Å². The Balaban J connectivity index is 1.91. The second-order valence-corrected chi connectivity index (χ2v) is 6.20. The number of nitrogens with zero attached hydrogens (tertiary/aromatic N) is 5. The highest BCUT2D eigenvalue weighted by atomic mass is 32.1. The van der Waals surface area contributed by atoms with Gasteiger partial charge in [-0.1, -0.05) is 11.3 Å². The number of aromatic nitrogens is 5. The maximum absolute atomic E-state index is 5.95. The third-order valence-corrected chi connectivity index (χ3v) is 4.74. The fourth-order valence-corrected chi connectivity index (χ4v) is 3.66. The molecule has 3 aromatic rings. The Bertz CT molecular complexity index is 715. The molecule has 0 unspecified atom stereocenters. The molecule has 0 aliphatic heterocycles. The zero-order valence-electron chi connectivity index (χ0n) is 9.62. The van der Waals surface area contributed by atoms with Crippen LogP contribution in [0.3, 0.4) is 0 Å². The monoisotopic (exact) mass is 278 g/mol. The summed E-state index contributed by atoms with van der Waals surface area (Å²) in [4.78, 5) is 0.830. The molecule has 4 rings (SSSR count). The number of rotatable bonds is 2. The Morgan fingerprint density at radius 1 is 1.33 bits per heavy atom. The van der Waals surface area contributed by atoms with Gasteiger partial charge >= 0.3 is 0 Å². The third kappa shape index (κ3) is 1.39. The molecule has 0 spiro atoms. The fraction of sp³-hybridized carbons (Fsp3) is 0.400. The minimum atomic E-state index is 0.536. The molecule has 1 saturated carbocycles. The van der Waals surface area contributed by atoms with Crippen LogP contribution in [0.5, 0.6) is 0 Å². The molecule has 8 heteroatoms. The smallest absolute Gasteiger partial charge is 0.234 e. The van der Waals surface area contributed by atoms with E-state index in [4.69, 9.17) is 5.73 Å². The van der Waals surface area contributed by atoms with E-state index < -0.39 is 0 Å². The van der Waals surface area contributed by atoms with Crippen LogP contribution in [-0.2, 0) is 0 Å². The Morgan fingerprint density at radius 3 is 2.83 bits per heavy atom. The van der Waals surface area contributed by atoms with Gasteiger partial charge in [-0.05, 0) is 31.3 Å². The fourth-order valence-electron chi connectivity index (χ4n) is 1.98. The van der Waals surface area contributed by atoms with Crippen LogP contribution in [0.2, 0.25) is 0 Å². The summed E-state index contributed by atoms with van der Waals surface area (Å²) >= 11 is 2.82. The molecule has 6 nitrogen and oxygen atoms in total. The summed E-state index contributed by atoms with van der Waals surface area (Å²) in [6, 6.07) is 0. The van der Waals surface area contributed by atoms with Crippen molar-refractivity contribution < 1.29 is 0 Å². The Morgan fingerprint density at radius 2 is 2.17 bits per heavy atom. The number of nitrogen functional groups attached to an aromatic ring is 1. The number of aryl methyl sites for hydroxylation is 1. The molecule has 0 aromatic carbocycles. The molecule has 92 valence electrons. The van der Waals surface area contributed by atoms with Gasteiger partial charge in [-0.15, -0.1) is 10.2 Å². The number of fused-ring (bicyclic) bond motifs is 1. The summed E-state index contributed by atoms with van der Waals surface area (Å²) in [5, 5.41) is 14.6. The van der Waals surface area contributed by atoms with Crippen molar-refractivity contribution in [3.63, 3.8) is 0 Å². The average Bonchev–Trinajstić information content (AvgIpc) is 2.84. The molecule has 0 saturated heterocycles. The van der Waals surface area contributed by atoms with E-state index in [0.717, 1.165) is 27.1 Å². The van der Waals surface area contributed by atoms with Gasteiger partial charge in [0.25, 0.3) is 0 Å². The number of anilines is 1.